The van der Waals surface area contributed by atoms with Crippen molar-refractivity contribution in [1.82, 2.24) is 4.90 Å². The minimum Gasteiger partial charge on any atom is -0.490 e. The molecule has 3 aromatic carbocycles. The predicted molar refractivity (Wildman–Crippen MR) is 141 cm³/mol. The molecule has 0 N–H and O–H groups in total. The topological polar surface area (TPSA) is 99.0 Å². The number of nitrogens with zero attached hydrogens (tertiary/aromatic N) is 2. The van der Waals surface area contributed by atoms with Crippen LogP contribution in [0.5, 0.6) is 11.5 Å². The van der Waals surface area contributed by atoms with Crippen LogP contribution in [0.3, 0.4) is 0 Å². The maximum Gasteiger partial charge on any atom is 0.293 e. The fourth-order valence-corrected chi connectivity index (χ4v) is 4.91. The Labute approximate surface area is 220 Å². The molecule has 0 aromatic heterocycles. The van der Waals surface area contributed by atoms with Gasteiger partial charge in [-0.1, -0.05) is 30.3 Å². The van der Waals surface area contributed by atoms with E-state index in [2.05, 4.69) is 15.9 Å². The van der Waals surface area contributed by atoms with Crippen LogP contribution in [0.4, 0.5) is 10.5 Å². The number of rotatable bonds is 9. The average molecular weight is 569 g/mol. The summed E-state index contributed by atoms with van der Waals surface area (Å²) in [5.74, 6) is 0.578. The van der Waals surface area contributed by atoms with Gasteiger partial charge in [0.25, 0.3) is 16.8 Å². The smallest absolute Gasteiger partial charge is 0.293 e. The zero-order chi connectivity index (χ0) is 25.7. The molecule has 36 heavy (non-hydrogen) atoms. The highest BCUT2D eigenvalue weighted by atomic mass is 79.9. The van der Waals surface area contributed by atoms with Crippen molar-refractivity contribution in [3.8, 4) is 11.5 Å². The fraction of sp³-hybridized carbons (Fsp3) is 0.154. The second-order valence-electron chi connectivity index (χ2n) is 7.73. The van der Waals surface area contributed by atoms with Crippen LogP contribution in [-0.2, 0) is 17.9 Å². The van der Waals surface area contributed by atoms with Crippen LogP contribution < -0.4 is 9.47 Å². The molecule has 0 bridgehead atoms. The molecule has 3 aromatic rings. The fourth-order valence-electron chi connectivity index (χ4n) is 3.50. The summed E-state index contributed by atoms with van der Waals surface area (Å²) in [6.07, 6.45) is 1.66. The molecule has 10 heteroatoms. The number of nitro benzene ring substituents is 1. The zero-order valence-electron chi connectivity index (χ0n) is 19.2. The SMILES string of the molecule is CCOc1cc(/C=C2/SC(=O)N(Cc3ccccc3)C2=O)cc(Br)c1OCc1ccc([N+](=O)[O-])cc1. The lowest BCUT2D eigenvalue weighted by Gasteiger charge is -2.15. The number of halogens is 1. The number of benzene rings is 3. The van der Waals surface area contributed by atoms with E-state index in [1.54, 1.807) is 30.3 Å². The van der Waals surface area contributed by atoms with Gasteiger partial charge in [0.15, 0.2) is 11.5 Å². The van der Waals surface area contributed by atoms with E-state index in [0.29, 0.717) is 33.0 Å². The number of non-ortho nitro benzene ring substituents is 1. The first kappa shape index (κ1) is 25.5. The molecule has 1 aliphatic heterocycles. The number of imide groups is 1. The first-order valence-electron chi connectivity index (χ1n) is 11.0. The third-order valence-electron chi connectivity index (χ3n) is 5.22. The van der Waals surface area contributed by atoms with Crippen molar-refractivity contribution in [3.63, 3.8) is 0 Å². The minimum atomic E-state index is -0.455. The van der Waals surface area contributed by atoms with Gasteiger partial charge in [-0.3, -0.25) is 24.6 Å². The predicted octanol–water partition coefficient (Wildman–Crippen LogP) is 6.57. The monoisotopic (exact) mass is 568 g/mol. The maximum absolute atomic E-state index is 12.9. The van der Waals surface area contributed by atoms with Gasteiger partial charge in [0.2, 0.25) is 0 Å². The molecule has 2 amide bonds. The number of carbonyl (C=O) groups excluding carboxylic acids is 2. The number of thioether (sulfide) groups is 1. The van der Waals surface area contributed by atoms with Gasteiger partial charge < -0.3 is 9.47 Å². The van der Waals surface area contributed by atoms with Gasteiger partial charge in [-0.25, -0.2) is 0 Å². The summed E-state index contributed by atoms with van der Waals surface area (Å²) < 4.78 is 12.3. The second kappa shape index (κ2) is 11.4. The number of hydrogen-bond donors (Lipinski definition) is 0. The molecule has 0 spiro atoms. The molecule has 184 valence electrons. The lowest BCUT2D eigenvalue weighted by atomic mass is 10.1. The largest absolute Gasteiger partial charge is 0.490 e. The van der Waals surface area contributed by atoms with Gasteiger partial charge in [0, 0.05) is 12.1 Å². The summed E-state index contributed by atoms with van der Waals surface area (Å²) in [5, 5.41) is 10.5. The van der Waals surface area contributed by atoms with Crippen LogP contribution in [0, 0.1) is 10.1 Å². The van der Waals surface area contributed by atoms with Crippen LogP contribution in [0.1, 0.15) is 23.6 Å². The molecule has 0 atom stereocenters. The van der Waals surface area contributed by atoms with E-state index in [9.17, 15) is 19.7 Å². The molecule has 1 saturated heterocycles. The summed E-state index contributed by atoms with van der Waals surface area (Å²) >= 11 is 4.41. The number of hydrogen-bond acceptors (Lipinski definition) is 7. The number of carbonyl (C=O) groups is 2. The molecule has 0 aliphatic carbocycles. The highest BCUT2D eigenvalue weighted by Crippen LogP contribution is 2.40. The van der Waals surface area contributed by atoms with Gasteiger partial charge in [0.05, 0.1) is 27.5 Å². The second-order valence-corrected chi connectivity index (χ2v) is 9.58. The van der Waals surface area contributed by atoms with Crippen molar-refractivity contribution < 1.29 is 24.0 Å². The molecule has 1 fully saturated rings. The van der Waals surface area contributed by atoms with Crippen molar-refractivity contribution >= 4 is 50.6 Å². The first-order chi connectivity index (χ1) is 17.4. The minimum absolute atomic E-state index is 0.00692. The molecule has 8 nitrogen and oxygen atoms in total. The van der Waals surface area contributed by atoms with Crippen molar-refractivity contribution in [2.75, 3.05) is 6.61 Å². The summed E-state index contributed by atoms with van der Waals surface area (Å²) in [4.78, 5) is 37.4. The molecule has 0 unspecified atom stereocenters. The Balaban J connectivity index is 1.53. The van der Waals surface area contributed by atoms with E-state index in [-0.39, 0.29) is 30.0 Å². The Morgan fingerprint density at radius 2 is 1.75 bits per heavy atom. The standard InChI is InChI=1S/C26H21BrN2O6S/c1-2-34-22-13-19(12-21(27)24(22)35-16-18-8-10-20(11-9-18)29(32)33)14-23-25(30)28(26(31)36-23)15-17-6-4-3-5-7-17/h3-14H,2,15-16H2,1H3/b23-14+. The van der Waals surface area contributed by atoms with Crippen LogP contribution in [0.25, 0.3) is 6.08 Å². The molecule has 4 rings (SSSR count). The van der Waals surface area contributed by atoms with Gasteiger partial charge in [0.1, 0.15) is 6.61 Å². The zero-order valence-corrected chi connectivity index (χ0v) is 21.6. The van der Waals surface area contributed by atoms with Crippen molar-refractivity contribution in [3.05, 3.63) is 103 Å². The normalized spacial score (nSPS) is 14.4. The Kier molecular flexibility index (Phi) is 8.07. The Bertz CT molecular complexity index is 1330. The number of ether oxygens (including phenoxy) is 2. The number of nitro groups is 1. The summed E-state index contributed by atoms with van der Waals surface area (Å²) in [6, 6.07) is 19.0. The molecule has 0 saturated carbocycles. The van der Waals surface area contributed by atoms with E-state index < -0.39 is 4.92 Å². The van der Waals surface area contributed by atoms with Gasteiger partial charge in [-0.2, -0.15) is 0 Å². The Hall–Kier alpha value is -3.63. The summed E-state index contributed by atoms with van der Waals surface area (Å²) in [7, 11) is 0. The lowest BCUT2D eigenvalue weighted by molar-refractivity contribution is -0.384. The van der Waals surface area contributed by atoms with Crippen molar-refractivity contribution in [2.24, 2.45) is 0 Å². The summed E-state index contributed by atoms with van der Waals surface area (Å²) in [6.45, 7) is 2.62. The third kappa shape index (κ3) is 5.95. The average Bonchev–Trinajstić information content (AvgIpc) is 3.12. The Morgan fingerprint density at radius 1 is 1.03 bits per heavy atom. The van der Waals surface area contributed by atoms with Gasteiger partial charge >= 0.3 is 0 Å². The molecule has 0 radical (unpaired) electrons. The van der Waals surface area contributed by atoms with E-state index in [1.165, 1.54) is 17.0 Å². The molecular formula is C26H21BrN2O6S. The van der Waals surface area contributed by atoms with Crippen LogP contribution in [-0.4, -0.2) is 27.6 Å². The van der Waals surface area contributed by atoms with Crippen molar-refractivity contribution in [1.29, 1.82) is 0 Å². The van der Waals surface area contributed by atoms with Gasteiger partial charge in [-0.05, 0) is 81.6 Å². The van der Waals surface area contributed by atoms with E-state index >= 15 is 0 Å². The van der Waals surface area contributed by atoms with E-state index in [4.69, 9.17) is 9.47 Å². The molecular weight excluding hydrogens is 548 g/mol. The molecule has 1 heterocycles. The third-order valence-corrected chi connectivity index (χ3v) is 6.71. The lowest BCUT2D eigenvalue weighted by Crippen LogP contribution is -2.27. The van der Waals surface area contributed by atoms with Crippen LogP contribution in [0.2, 0.25) is 0 Å². The summed E-state index contributed by atoms with van der Waals surface area (Å²) in [5.41, 5.74) is 2.30. The van der Waals surface area contributed by atoms with Crippen LogP contribution in [0.15, 0.2) is 76.1 Å². The van der Waals surface area contributed by atoms with E-state index in [0.717, 1.165) is 22.9 Å². The number of amides is 2. The van der Waals surface area contributed by atoms with Crippen molar-refractivity contribution in [2.45, 2.75) is 20.1 Å². The highest BCUT2D eigenvalue weighted by Gasteiger charge is 2.35. The van der Waals surface area contributed by atoms with Gasteiger partial charge in [-0.15, -0.1) is 0 Å². The quantitative estimate of drug-likeness (QED) is 0.163. The molecule has 1 aliphatic rings. The van der Waals surface area contributed by atoms with E-state index in [1.807, 2.05) is 37.3 Å². The first-order valence-corrected chi connectivity index (χ1v) is 12.6. The van der Waals surface area contributed by atoms with Crippen LogP contribution >= 0.6 is 27.7 Å². The maximum atomic E-state index is 12.9. The highest BCUT2D eigenvalue weighted by molar-refractivity contribution is 9.10. The Morgan fingerprint density at radius 3 is 2.42 bits per heavy atom.